The van der Waals surface area contributed by atoms with E-state index in [9.17, 15) is 13.2 Å². The van der Waals surface area contributed by atoms with Gasteiger partial charge in [-0.2, -0.15) is 13.2 Å². The first-order valence-electron chi connectivity index (χ1n) is 8.92. The molecule has 12 heteroatoms. The molecule has 29 heavy (non-hydrogen) atoms. The molecular weight excluding hydrogens is 389 g/mol. The van der Waals surface area contributed by atoms with E-state index in [1.807, 2.05) is 0 Å². The van der Waals surface area contributed by atoms with Crippen LogP contribution in [0.5, 0.6) is 0 Å². The minimum absolute atomic E-state index is 0.109. The lowest BCUT2D eigenvalue weighted by Gasteiger charge is -2.24. The molecule has 0 saturated carbocycles. The minimum atomic E-state index is -4.68. The Kier molecular flexibility index (Phi) is 4.86. The lowest BCUT2D eigenvalue weighted by atomic mass is 9.90. The summed E-state index contributed by atoms with van der Waals surface area (Å²) in [6, 6.07) is 1.27. The number of piperidine rings is 1. The smallest absolute Gasteiger partial charge is 0.414 e. The summed E-state index contributed by atoms with van der Waals surface area (Å²) >= 11 is 0. The Labute approximate surface area is 163 Å². The highest BCUT2D eigenvalue weighted by molar-refractivity contribution is 5.63. The lowest BCUT2D eigenvalue weighted by molar-refractivity contribution is -0.144. The number of aromatic nitrogens is 6. The van der Waals surface area contributed by atoms with E-state index in [0.717, 1.165) is 32.1 Å². The van der Waals surface area contributed by atoms with Crippen molar-refractivity contribution in [2.24, 2.45) is 0 Å². The third kappa shape index (κ3) is 3.88. The molecule has 1 fully saturated rings. The molecule has 0 radical (unpaired) electrons. The standard InChI is InChI=1S/C17H17F3N8O/c1-8-11(12(26-16(21)24-8)9-2-5-22-6-3-9)14-28-27-13(29-14)10-4-7-23-15(25-10)17(18,19)20/h4,7,9,22H,2-3,5-6H2,1H3,(H2,21,24,26). The van der Waals surface area contributed by atoms with E-state index in [2.05, 4.69) is 35.5 Å². The number of halogens is 3. The van der Waals surface area contributed by atoms with Crippen LogP contribution in [-0.4, -0.2) is 43.2 Å². The number of nitrogens with zero attached hydrogens (tertiary/aromatic N) is 6. The molecule has 0 aromatic carbocycles. The van der Waals surface area contributed by atoms with Crippen LogP contribution in [-0.2, 0) is 6.18 Å². The van der Waals surface area contributed by atoms with Gasteiger partial charge in [-0.1, -0.05) is 0 Å². The average molecular weight is 406 g/mol. The molecule has 4 rings (SSSR count). The molecule has 0 aliphatic carbocycles. The summed E-state index contributed by atoms with van der Waals surface area (Å²) in [5.41, 5.74) is 7.52. The van der Waals surface area contributed by atoms with Gasteiger partial charge in [0.1, 0.15) is 5.69 Å². The van der Waals surface area contributed by atoms with Gasteiger partial charge in [-0.05, 0) is 38.9 Å². The van der Waals surface area contributed by atoms with E-state index in [1.165, 1.54) is 6.07 Å². The van der Waals surface area contributed by atoms with Crippen LogP contribution in [0, 0.1) is 6.92 Å². The molecule has 152 valence electrons. The number of nitrogens with two attached hydrogens (primary N) is 1. The van der Waals surface area contributed by atoms with E-state index in [4.69, 9.17) is 10.2 Å². The molecule has 3 aromatic rings. The van der Waals surface area contributed by atoms with Crippen molar-refractivity contribution < 1.29 is 17.6 Å². The fraction of sp³-hybridized carbons (Fsp3) is 0.412. The van der Waals surface area contributed by atoms with Crippen LogP contribution in [0.3, 0.4) is 0 Å². The van der Waals surface area contributed by atoms with Crippen LogP contribution in [0.1, 0.15) is 36.0 Å². The van der Waals surface area contributed by atoms with E-state index in [1.54, 1.807) is 6.92 Å². The van der Waals surface area contributed by atoms with Gasteiger partial charge in [0.05, 0.1) is 17.0 Å². The Morgan fingerprint density at radius 1 is 1.10 bits per heavy atom. The van der Waals surface area contributed by atoms with Crippen LogP contribution in [0.25, 0.3) is 23.0 Å². The number of alkyl halides is 3. The molecule has 0 amide bonds. The van der Waals surface area contributed by atoms with Crippen molar-refractivity contribution in [2.45, 2.75) is 31.9 Å². The highest BCUT2D eigenvalue weighted by atomic mass is 19.4. The Hall–Kier alpha value is -3.15. The third-order valence-electron chi connectivity index (χ3n) is 4.63. The minimum Gasteiger partial charge on any atom is -0.414 e. The van der Waals surface area contributed by atoms with Crippen molar-refractivity contribution in [2.75, 3.05) is 18.8 Å². The van der Waals surface area contributed by atoms with Crippen molar-refractivity contribution in [1.29, 1.82) is 0 Å². The second-order valence-electron chi connectivity index (χ2n) is 6.63. The molecule has 0 atom stereocenters. The monoisotopic (exact) mass is 406 g/mol. The first-order valence-corrected chi connectivity index (χ1v) is 8.92. The fourth-order valence-electron chi connectivity index (χ4n) is 3.31. The second kappa shape index (κ2) is 7.35. The summed E-state index contributed by atoms with van der Waals surface area (Å²) in [7, 11) is 0. The Morgan fingerprint density at radius 2 is 1.83 bits per heavy atom. The van der Waals surface area contributed by atoms with E-state index < -0.39 is 12.0 Å². The normalized spacial score (nSPS) is 15.6. The largest absolute Gasteiger partial charge is 0.451 e. The second-order valence-corrected chi connectivity index (χ2v) is 6.63. The zero-order valence-corrected chi connectivity index (χ0v) is 15.4. The highest BCUT2D eigenvalue weighted by Crippen LogP contribution is 2.35. The molecule has 1 saturated heterocycles. The first-order chi connectivity index (χ1) is 13.8. The van der Waals surface area contributed by atoms with Crippen LogP contribution in [0.4, 0.5) is 19.1 Å². The number of anilines is 1. The Bertz CT molecular complexity index is 1030. The molecule has 1 aliphatic heterocycles. The zero-order chi connectivity index (χ0) is 20.6. The highest BCUT2D eigenvalue weighted by Gasteiger charge is 2.35. The molecule has 4 heterocycles. The number of nitrogen functional groups attached to an aromatic ring is 1. The Morgan fingerprint density at radius 3 is 2.55 bits per heavy atom. The van der Waals surface area contributed by atoms with Crippen molar-refractivity contribution in [1.82, 2.24) is 35.5 Å². The predicted octanol–water partition coefficient (Wildman–Crippen LogP) is 2.36. The summed E-state index contributed by atoms with van der Waals surface area (Å²) in [6.45, 7) is 3.42. The maximum atomic E-state index is 12.9. The van der Waals surface area contributed by atoms with Gasteiger partial charge in [0.2, 0.25) is 11.8 Å². The van der Waals surface area contributed by atoms with Gasteiger partial charge in [0.15, 0.2) is 0 Å². The quantitative estimate of drug-likeness (QED) is 0.673. The number of aryl methyl sites for hydroxylation is 1. The number of hydrogen-bond donors (Lipinski definition) is 2. The zero-order valence-electron chi connectivity index (χ0n) is 15.4. The molecule has 0 bridgehead atoms. The average Bonchev–Trinajstić information content (AvgIpc) is 3.17. The summed E-state index contributed by atoms with van der Waals surface area (Å²) in [5.74, 6) is -1.05. The maximum absolute atomic E-state index is 12.9. The molecule has 9 nitrogen and oxygen atoms in total. The molecule has 0 spiro atoms. The van der Waals surface area contributed by atoms with Crippen LogP contribution in [0.15, 0.2) is 16.7 Å². The van der Waals surface area contributed by atoms with E-state index in [0.29, 0.717) is 17.0 Å². The van der Waals surface area contributed by atoms with Crippen LogP contribution < -0.4 is 11.1 Å². The summed E-state index contributed by atoms with van der Waals surface area (Å²) in [4.78, 5) is 15.3. The summed E-state index contributed by atoms with van der Waals surface area (Å²) < 4.78 is 44.3. The number of hydrogen-bond acceptors (Lipinski definition) is 9. The van der Waals surface area contributed by atoms with Gasteiger partial charge < -0.3 is 15.5 Å². The van der Waals surface area contributed by atoms with E-state index in [-0.39, 0.29) is 29.3 Å². The molecule has 1 aliphatic rings. The maximum Gasteiger partial charge on any atom is 0.451 e. The van der Waals surface area contributed by atoms with Crippen molar-refractivity contribution in [3.05, 3.63) is 29.5 Å². The molecule has 3 N–H and O–H groups in total. The number of rotatable bonds is 3. The fourth-order valence-corrected chi connectivity index (χ4v) is 3.31. The summed E-state index contributed by atoms with van der Waals surface area (Å²) in [5, 5.41) is 11.2. The molecule has 3 aromatic heterocycles. The van der Waals surface area contributed by atoms with Gasteiger partial charge in [0.25, 0.3) is 11.8 Å². The van der Waals surface area contributed by atoms with Gasteiger partial charge in [-0.3, -0.25) is 0 Å². The van der Waals surface area contributed by atoms with Crippen molar-refractivity contribution in [3.8, 4) is 23.0 Å². The van der Waals surface area contributed by atoms with Crippen LogP contribution >= 0.6 is 0 Å². The van der Waals surface area contributed by atoms with E-state index >= 15 is 0 Å². The molecular formula is C17H17F3N8O. The van der Waals surface area contributed by atoms with Crippen LogP contribution in [0.2, 0.25) is 0 Å². The van der Waals surface area contributed by atoms with Gasteiger partial charge in [0, 0.05) is 12.1 Å². The van der Waals surface area contributed by atoms with Gasteiger partial charge in [-0.25, -0.2) is 19.9 Å². The predicted molar refractivity (Wildman–Crippen MR) is 95.3 cm³/mol. The first kappa shape index (κ1) is 19.2. The van der Waals surface area contributed by atoms with Gasteiger partial charge in [-0.15, -0.1) is 10.2 Å². The third-order valence-corrected chi connectivity index (χ3v) is 4.63. The van der Waals surface area contributed by atoms with Gasteiger partial charge >= 0.3 is 6.18 Å². The summed E-state index contributed by atoms with van der Waals surface area (Å²) in [6.07, 6.45) is -1.98. The van der Waals surface area contributed by atoms with Crippen molar-refractivity contribution >= 4 is 5.95 Å². The molecule has 0 unspecified atom stereocenters. The Balaban J connectivity index is 1.75. The lowest BCUT2D eigenvalue weighted by Crippen LogP contribution is -2.27. The van der Waals surface area contributed by atoms with Crippen molar-refractivity contribution in [3.63, 3.8) is 0 Å². The topological polar surface area (TPSA) is 129 Å². The SMILES string of the molecule is Cc1nc(N)nc(C2CCNCC2)c1-c1nnc(-c2ccnc(C(F)(F)F)n2)o1. The number of nitrogens with one attached hydrogen (secondary N) is 1.